The SMILES string of the molecule is CCNCc1ccccc1OCCC(C)(C)C. The van der Waals surface area contributed by atoms with Gasteiger partial charge in [0.15, 0.2) is 0 Å². The van der Waals surface area contributed by atoms with E-state index >= 15 is 0 Å². The Bertz CT molecular complexity index is 328. The number of ether oxygens (including phenoxy) is 1. The minimum Gasteiger partial charge on any atom is -0.493 e. The highest BCUT2D eigenvalue weighted by Crippen LogP contribution is 2.21. The molecule has 0 aromatic heterocycles. The van der Waals surface area contributed by atoms with Crippen molar-refractivity contribution in [3.63, 3.8) is 0 Å². The van der Waals surface area contributed by atoms with E-state index in [0.717, 1.165) is 31.9 Å². The van der Waals surface area contributed by atoms with Crippen LogP contribution in [0, 0.1) is 5.41 Å². The van der Waals surface area contributed by atoms with Crippen molar-refractivity contribution in [1.29, 1.82) is 0 Å². The summed E-state index contributed by atoms with van der Waals surface area (Å²) in [5.41, 5.74) is 1.57. The Kier molecular flexibility index (Phi) is 5.49. The maximum absolute atomic E-state index is 5.87. The van der Waals surface area contributed by atoms with E-state index in [9.17, 15) is 0 Å². The van der Waals surface area contributed by atoms with E-state index in [1.807, 2.05) is 6.07 Å². The Labute approximate surface area is 105 Å². The zero-order valence-electron chi connectivity index (χ0n) is 11.5. The summed E-state index contributed by atoms with van der Waals surface area (Å²) in [4.78, 5) is 0. The van der Waals surface area contributed by atoms with Crippen LogP contribution < -0.4 is 10.1 Å². The Hall–Kier alpha value is -1.02. The van der Waals surface area contributed by atoms with Crippen molar-refractivity contribution in [3.05, 3.63) is 29.8 Å². The standard InChI is InChI=1S/C15H25NO/c1-5-16-12-13-8-6-7-9-14(13)17-11-10-15(2,3)4/h6-9,16H,5,10-12H2,1-4H3. The largest absolute Gasteiger partial charge is 0.493 e. The van der Waals surface area contributed by atoms with Crippen LogP contribution in [0.2, 0.25) is 0 Å². The Balaban J connectivity index is 2.51. The van der Waals surface area contributed by atoms with Gasteiger partial charge in [-0.1, -0.05) is 45.9 Å². The monoisotopic (exact) mass is 235 g/mol. The van der Waals surface area contributed by atoms with Gasteiger partial charge in [-0.2, -0.15) is 0 Å². The Morgan fingerprint density at radius 1 is 1.18 bits per heavy atom. The van der Waals surface area contributed by atoms with Gasteiger partial charge in [0, 0.05) is 12.1 Å². The average Bonchev–Trinajstić information content (AvgIpc) is 2.26. The highest BCUT2D eigenvalue weighted by atomic mass is 16.5. The topological polar surface area (TPSA) is 21.3 Å². The van der Waals surface area contributed by atoms with E-state index < -0.39 is 0 Å². The first-order chi connectivity index (χ1) is 8.03. The van der Waals surface area contributed by atoms with Crippen molar-refractivity contribution in [1.82, 2.24) is 5.32 Å². The molecule has 0 saturated carbocycles. The maximum atomic E-state index is 5.87. The van der Waals surface area contributed by atoms with Crippen LogP contribution in [0.4, 0.5) is 0 Å². The molecule has 0 spiro atoms. The highest BCUT2D eigenvalue weighted by Gasteiger charge is 2.10. The molecule has 17 heavy (non-hydrogen) atoms. The number of rotatable bonds is 6. The maximum Gasteiger partial charge on any atom is 0.123 e. The molecule has 0 aliphatic rings. The van der Waals surface area contributed by atoms with Crippen LogP contribution in [-0.4, -0.2) is 13.2 Å². The molecule has 0 saturated heterocycles. The quantitative estimate of drug-likeness (QED) is 0.813. The predicted octanol–water partition coefficient (Wildman–Crippen LogP) is 3.61. The first kappa shape index (κ1) is 14.0. The molecular weight excluding hydrogens is 210 g/mol. The van der Waals surface area contributed by atoms with E-state index in [2.05, 4.69) is 51.2 Å². The number of nitrogens with one attached hydrogen (secondary N) is 1. The molecule has 0 unspecified atom stereocenters. The van der Waals surface area contributed by atoms with Gasteiger partial charge in [-0.15, -0.1) is 0 Å². The van der Waals surface area contributed by atoms with Crippen LogP contribution in [0.25, 0.3) is 0 Å². The molecule has 0 radical (unpaired) electrons. The van der Waals surface area contributed by atoms with Gasteiger partial charge >= 0.3 is 0 Å². The molecule has 0 amide bonds. The van der Waals surface area contributed by atoms with Crippen molar-refractivity contribution in [2.75, 3.05) is 13.2 Å². The van der Waals surface area contributed by atoms with E-state index in [0.29, 0.717) is 5.41 Å². The first-order valence-corrected chi connectivity index (χ1v) is 6.44. The molecule has 0 fully saturated rings. The Morgan fingerprint density at radius 3 is 2.53 bits per heavy atom. The van der Waals surface area contributed by atoms with Gasteiger partial charge < -0.3 is 10.1 Å². The number of hydrogen-bond acceptors (Lipinski definition) is 2. The van der Waals surface area contributed by atoms with Gasteiger partial charge in [0.2, 0.25) is 0 Å². The third kappa shape index (κ3) is 5.73. The van der Waals surface area contributed by atoms with E-state index in [1.54, 1.807) is 0 Å². The second-order valence-electron chi connectivity index (χ2n) is 5.55. The van der Waals surface area contributed by atoms with Crippen LogP contribution in [-0.2, 0) is 6.54 Å². The lowest BCUT2D eigenvalue weighted by Crippen LogP contribution is -2.14. The van der Waals surface area contributed by atoms with Crippen molar-refractivity contribution >= 4 is 0 Å². The summed E-state index contributed by atoms with van der Waals surface area (Å²) >= 11 is 0. The van der Waals surface area contributed by atoms with Gasteiger partial charge in [-0.25, -0.2) is 0 Å². The molecule has 1 aromatic carbocycles. The smallest absolute Gasteiger partial charge is 0.123 e. The van der Waals surface area contributed by atoms with Crippen LogP contribution >= 0.6 is 0 Å². The van der Waals surface area contributed by atoms with Crippen molar-refractivity contribution < 1.29 is 4.74 Å². The van der Waals surface area contributed by atoms with Crippen molar-refractivity contribution in [2.45, 2.75) is 40.7 Å². The fourth-order valence-electron chi connectivity index (χ4n) is 1.52. The fraction of sp³-hybridized carbons (Fsp3) is 0.600. The number of para-hydroxylation sites is 1. The fourth-order valence-corrected chi connectivity index (χ4v) is 1.52. The zero-order valence-corrected chi connectivity index (χ0v) is 11.5. The summed E-state index contributed by atoms with van der Waals surface area (Å²) in [5, 5.41) is 3.33. The lowest BCUT2D eigenvalue weighted by Gasteiger charge is -2.19. The lowest BCUT2D eigenvalue weighted by atomic mass is 9.93. The molecule has 0 aliphatic carbocycles. The van der Waals surface area contributed by atoms with E-state index in [1.165, 1.54) is 5.56 Å². The van der Waals surface area contributed by atoms with E-state index in [4.69, 9.17) is 4.74 Å². The molecule has 2 heteroatoms. The average molecular weight is 235 g/mol. The van der Waals surface area contributed by atoms with Crippen LogP contribution in [0.5, 0.6) is 5.75 Å². The van der Waals surface area contributed by atoms with E-state index in [-0.39, 0.29) is 0 Å². The predicted molar refractivity (Wildman–Crippen MR) is 73.4 cm³/mol. The molecule has 2 nitrogen and oxygen atoms in total. The van der Waals surface area contributed by atoms with Gasteiger partial charge in [0.05, 0.1) is 6.61 Å². The van der Waals surface area contributed by atoms with Crippen LogP contribution in [0.15, 0.2) is 24.3 Å². The third-order valence-corrected chi connectivity index (χ3v) is 2.65. The molecule has 0 heterocycles. The summed E-state index contributed by atoms with van der Waals surface area (Å²) in [5.74, 6) is 1.01. The normalized spacial score (nSPS) is 11.5. The highest BCUT2D eigenvalue weighted by molar-refractivity contribution is 5.33. The summed E-state index contributed by atoms with van der Waals surface area (Å²) in [6, 6.07) is 8.26. The van der Waals surface area contributed by atoms with Gasteiger partial charge in [-0.05, 0) is 24.4 Å². The van der Waals surface area contributed by atoms with Crippen molar-refractivity contribution in [2.24, 2.45) is 5.41 Å². The molecule has 0 atom stereocenters. The molecular formula is C15H25NO. The summed E-state index contributed by atoms with van der Waals surface area (Å²) in [6.07, 6.45) is 1.07. The molecule has 96 valence electrons. The minimum atomic E-state index is 0.330. The van der Waals surface area contributed by atoms with Crippen LogP contribution in [0.3, 0.4) is 0 Å². The van der Waals surface area contributed by atoms with Crippen molar-refractivity contribution in [3.8, 4) is 5.75 Å². The summed E-state index contributed by atoms with van der Waals surface area (Å²) < 4.78 is 5.87. The Morgan fingerprint density at radius 2 is 1.88 bits per heavy atom. The molecule has 1 N–H and O–H groups in total. The zero-order chi connectivity index (χ0) is 12.7. The van der Waals surface area contributed by atoms with Gasteiger partial charge in [0.1, 0.15) is 5.75 Å². The minimum absolute atomic E-state index is 0.330. The molecule has 1 rings (SSSR count). The summed E-state index contributed by atoms with van der Waals surface area (Å²) in [6.45, 7) is 11.5. The first-order valence-electron chi connectivity index (χ1n) is 6.44. The molecule has 1 aromatic rings. The number of hydrogen-bond donors (Lipinski definition) is 1. The molecule has 0 bridgehead atoms. The lowest BCUT2D eigenvalue weighted by molar-refractivity contribution is 0.241. The van der Waals surface area contributed by atoms with Crippen LogP contribution in [0.1, 0.15) is 39.7 Å². The van der Waals surface area contributed by atoms with Gasteiger partial charge in [-0.3, -0.25) is 0 Å². The molecule has 0 aliphatic heterocycles. The number of benzene rings is 1. The van der Waals surface area contributed by atoms with Gasteiger partial charge in [0.25, 0.3) is 0 Å². The second kappa shape index (κ2) is 6.65. The third-order valence-electron chi connectivity index (χ3n) is 2.65. The summed E-state index contributed by atoms with van der Waals surface area (Å²) in [7, 11) is 0. The second-order valence-corrected chi connectivity index (χ2v) is 5.55.